The van der Waals surface area contributed by atoms with E-state index in [1.807, 2.05) is 27.0 Å². The summed E-state index contributed by atoms with van der Waals surface area (Å²) >= 11 is 0. The van der Waals surface area contributed by atoms with Crippen molar-refractivity contribution in [2.24, 2.45) is 0 Å². The number of aromatic nitrogens is 2. The van der Waals surface area contributed by atoms with Crippen LogP contribution in [0.1, 0.15) is 42.9 Å². The predicted octanol–water partition coefficient (Wildman–Crippen LogP) is 3.78. The summed E-state index contributed by atoms with van der Waals surface area (Å²) in [6.45, 7) is 7.34. The lowest BCUT2D eigenvalue weighted by Gasteiger charge is -2.05. The zero-order valence-electron chi connectivity index (χ0n) is 11.6. The molecule has 19 heavy (non-hydrogen) atoms. The Labute approximate surface area is 112 Å². The van der Waals surface area contributed by atoms with Crippen LogP contribution in [0.5, 0.6) is 0 Å². The standard InChI is InChI=1S/C15H17FN2O/c1-9(2)18-8-14(10(3)17-18)13-7-12(11(4)19)5-6-15(13)16/h5-9H,1-4H3. The van der Waals surface area contributed by atoms with Crippen molar-refractivity contribution in [2.45, 2.75) is 33.7 Å². The molecule has 0 fully saturated rings. The van der Waals surface area contributed by atoms with Crippen molar-refractivity contribution in [3.8, 4) is 11.1 Å². The first-order chi connectivity index (χ1) is 8.90. The van der Waals surface area contributed by atoms with Gasteiger partial charge >= 0.3 is 0 Å². The van der Waals surface area contributed by atoms with Crippen LogP contribution < -0.4 is 0 Å². The fraction of sp³-hybridized carbons (Fsp3) is 0.333. The van der Waals surface area contributed by atoms with E-state index in [2.05, 4.69) is 5.10 Å². The van der Waals surface area contributed by atoms with E-state index in [-0.39, 0.29) is 17.6 Å². The van der Waals surface area contributed by atoms with Gasteiger partial charge in [-0.05, 0) is 45.9 Å². The maximum atomic E-state index is 14.0. The Morgan fingerprint density at radius 3 is 2.53 bits per heavy atom. The van der Waals surface area contributed by atoms with Gasteiger partial charge in [0.15, 0.2) is 5.78 Å². The van der Waals surface area contributed by atoms with Gasteiger partial charge in [-0.25, -0.2) is 4.39 Å². The van der Waals surface area contributed by atoms with Crippen LogP contribution in [-0.4, -0.2) is 15.6 Å². The first kappa shape index (κ1) is 13.5. The Kier molecular flexibility index (Phi) is 3.51. The number of rotatable bonds is 3. The second-order valence-corrected chi connectivity index (χ2v) is 4.95. The molecule has 100 valence electrons. The number of carbonyl (C=O) groups is 1. The Balaban J connectivity index is 2.57. The summed E-state index contributed by atoms with van der Waals surface area (Å²) in [5.41, 5.74) is 2.42. The molecule has 1 aromatic carbocycles. The summed E-state index contributed by atoms with van der Waals surface area (Å²) in [7, 11) is 0. The number of nitrogens with zero attached hydrogens (tertiary/aromatic N) is 2. The van der Waals surface area contributed by atoms with Crippen molar-refractivity contribution in [1.82, 2.24) is 9.78 Å². The molecule has 1 aromatic heterocycles. The summed E-state index contributed by atoms with van der Waals surface area (Å²) in [5.74, 6) is -0.411. The zero-order valence-corrected chi connectivity index (χ0v) is 11.6. The molecule has 1 heterocycles. The number of benzene rings is 1. The van der Waals surface area contributed by atoms with Gasteiger partial charge in [-0.1, -0.05) is 0 Å². The minimum absolute atomic E-state index is 0.0739. The fourth-order valence-corrected chi connectivity index (χ4v) is 1.96. The third kappa shape index (κ3) is 2.57. The Bertz CT molecular complexity index is 629. The van der Waals surface area contributed by atoms with Crippen LogP contribution in [0.2, 0.25) is 0 Å². The SMILES string of the molecule is CC(=O)c1ccc(F)c(-c2cn(C(C)C)nc2C)c1. The van der Waals surface area contributed by atoms with Crippen molar-refractivity contribution in [3.05, 3.63) is 41.5 Å². The maximum Gasteiger partial charge on any atom is 0.159 e. The van der Waals surface area contributed by atoms with Gasteiger partial charge in [-0.2, -0.15) is 5.10 Å². The number of hydrogen-bond acceptors (Lipinski definition) is 2. The summed E-state index contributed by atoms with van der Waals surface area (Å²) in [6.07, 6.45) is 1.82. The summed E-state index contributed by atoms with van der Waals surface area (Å²) in [4.78, 5) is 11.4. The molecule has 0 saturated heterocycles. The minimum atomic E-state index is -0.337. The lowest BCUT2D eigenvalue weighted by Crippen LogP contribution is -2.00. The molecule has 0 spiro atoms. The summed E-state index contributed by atoms with van der Waals surface area (Å²) < 4.78 is 15.8. The number of halogens is 1. The van der Waals surface area contributed by atoms with E-state index >= 15 is 0 Å². The van der Waals surface area contributed by atoms with Gasteiger partial charge in [-0.15, -0.1) is 0 Å². The smallest absolute Gasteiger partial charge is 0.159 e. The number of aryl methyl sites for hydroxylation is 1. The molecule has 0 atom stereocenters. The van der Waals surface area contributed by atoms with Crippen LogP contribution in [-0.2, 0) is 0 Å². The van der Waals surface area contributed by atoms with Gasteiger partial charge < -0.3 is 0 Å². The van der Waals surface area contributed by atoms with Crippen LogP contribution in [0.15, 0.2) is 24.4 Å². The topological polar surface area (TPSA) is 34.9 Å². The maximum absolute atomic E-state index is 14.0. The largest absolute Gasteiger partial charge is 0.295 e. The minimum Gasteiger partial charge on any atom is -0.295 e. The second kappa shape index (κ2) is 4.96. The zero-order chi connectivity index (χ0) is 14.2. The highest BCUT2D eigenvalue weighted by Gasteiger charge is 2.14. The third-order valence-corrected chi connectivity index (χ3v) is 3.11. The highest BCUT2D eigenvalue weighted by atomic mass is 19.1. The van der Waals surface area contributed by atoms with Crippen molar-refractivity contribution >= 4 is 5.78 Å². The first-order valence-electron chi connectivity index (χ1n) is 6.26. The van der Waals surface area contributed by atoms with Crippen molar-refractivity contribution in [2.75, 3.05) is 0 Å². The van der Waals surface area contributed by atoms with Crippen LogP contribution in [0.3, 0.4) is 0 Å². The second-order valence-electron chi connectivity index (χ2n) is 4.95. The number of hydrogen-bond donors (Lipinski definition) is 0. The lowest BCUT2D eigenvalue weighted by molar-refractivity contribution is 0.101. The molecule has 2 rings (SSSR count). The molecule has 2 aromatic rings. The normalized spacial score (nSPS) is 11.1. The number of ketones is 1. The van der Waals surface area contributed by atoms with Crippen LogP contribution in [0, 0.1) is 12.7 Å². The highest BCUT2D eigenvalue weighted by molar-refractivity contribution is 5.95. The van der Waals surface area contributed by atoms with Crippen molar-refractivity contribution in [3.63, 3.8) is 0 Å². The number of carbonyl (C=O) groups excluding carboxylic acids is 1. The third-order valence-electron chi connectivity index (χ3n) is 3.11. The van der Waals surface area contributed by atoms with Crippen LogP contribution >= 0.6 is 0 Å². The molecule has 0 saturated carbocycles. The van der Waals surface area contributed by atoms with Crippen LogP contribution in [0.4, 0.5) is 4.39 Å². The van der Waals surface area contributed by atoms with Crippen molar-refractivity contribution < 1.29 is 9.18 Å². The van der Waals surface area contributed by atoms with E-state index in [1.165, 1.54) is 19.1 Å². The fourth-order valence-electron chi connectivity index (χ4n) is 1.96. The van der Waals surface area contributed by atoms with Gasteiger partial charge in [0.05, 0.1) is 5.69 Å². The molecule has 0 unspecified atom stereocenters. The Hall–Kier alpha value is -1.97. The Morgan fingerprint density at radius 1 is 1.32 bits per heavy atom. The van der Waals surface area contributed by atoms with Crippen molar-refractivity contribution in [1.29, 1.82) is 0 Å². The molecule has 0 aliphatic heterocycles. The van der Waals surface area contributed by atoms with Gasteiger partial charge in [0.2, 0.25) is 0 Å². The molecular weight excluding hydrogens is 243 g/mol. The molecule has 4 heteroatoms. The molecule has 0 aliphatic rings. The van der Waals surface area contributed by atoms with Gasteiger partial charge in [0.25, 0.3) is 0 Å². The average molecular weight is 260 g/mol. The molecule has 0 N–H and O–H groups in total. The molecular formula is C15H17FN2O. The molecule has 0 bridgehead atoms. The van der Waals surface area contributed by atoms with E-state index in [0.29, 0.717) is 11.1 Å². The van der Waals surface area contributed by atoms with E-state index < -0.39 is 0 Å². The first-order valence-corrected chi connectivity index (χ1v) is 6.26. The van der Waals surface area contributed by atoms with Gasteiger partial charge in [0.1, 0.15) is 5.82 Å². The van der Waals surface area contributed by atoms with Gasteiger partial charge in [-0.3, -0.25) is 9.48 Å². The van der Waals surface area contributed by atoms with Gasteiger partial charge in [0, 0.05) is 28.9 Å². The predicted molar refractivity (Wildman–Crippen MR) is 72.7 cm³/mol. The highest BCUT2D eigenvalue weighted by Crippen LogP contribution is 2.27. The molecule has 0 aliphatic carbocycles. The van der Waals surface area contributed by atoms with E-state index in [1.54, 1.807) is 10.7 Å². The molecule has 0 radical (unpaired) electrons. The van der Waals surface area contributed by atoms with E-state index in [4.69, 9.17) is 0 Å². The molecule has 3 nitrogen and oxygen atoms in total. The number of Topliss-reactive ketones (excluding diaryl/α,β-unsaturated/α-hetero) is 1. The van der Waals surface area contributed by atoms with Crippen LogP contribution in [0.25, 0.3) is 11.1 Å². The van der Waals surface area contributed by atoms with E-state index in [0.717, 1.165) is 11.3 Å². The Morgan fingerprint density at radius 2 is 2.00 bits per heavy atom. The van der Waals surface area contributed by atoms with E-state index in [9.17, 15) is 9.18 Å². The quantitative estimate of drug-likeness (QED) is 0.787. The lowest BCUT2D eigenvalue weighted by atomic mass is 10.0. The summed E-state index contributed by atoms with van der Waals surface area (Å²) in [5, 5.41) is 4.37. The average Bonchev–Trinajstić information content (AvgIpc) is 2.72. The monoisotopic (exact) mass is 260 g/mol. The summed E-state index contributed by atoms with van der Waals surface area (Å²) in [6, 6.07) is 4.64. The molecule has 0 amide bonds.